The van der Waals surface area contributed by atoms with Gasteiger partial charge >= 0.3 is 23.7 Å². The van der Waals surface area contributed by atoms with Gasteiger partial charge in [0.15, 0.2) is 12.1 Å². The van der Waals surface area contributed by atoms with Gasteiger partial charge in [-0.3, -0.25) is 9.05 Å². The van der Waals surface area contributed by atoms with Crippen LogP contribution in [0.15, 0.2) is 89.6 Å². The number of fused-ring (bicyclic) bond motifs is 7. The van der Waals surface area contributed by atoms with Crippen molar-refractivity contribution in [1.82, 2.24) is 0 Å². The summed E-state index contributed by atoms with van der Waals surface area (Å²) in [7, 11) is -10.2. The van der Waals surface area contributed by atoms with Crippen molar-refractivity contribution in [3.05, 3.63) is 117 Å². The average Bonchev–Trinajstić information content (AvgIpc) is 1.79. The molecule has 497 valence electrons. The van der Waals surface area contributed by atoms with E-state index in [1.807, 2.05) is 13.8 Å². The third kappa shape index (κ3) is 18.6. The first-order chi connectivity index (χ1) is 39.9. The molecule has 1 radical (unpaired) electrons. The third-order valence-corrected chi connectivity index (χ3v) is 18.4. The molecule has 89 heavy (non-hydrogen) atoms. The van der Waals surface area contributed by atoms with Crippen molar-refractivity contribution in [3.8, 4) is 0 Å². The zero-order chi connectivity index (χ0) is 66.1. The number of halogens is 4. The van der Waals surface area contributed by atoms with E-state index in [1.165, 1.54) is 47.9 Å². The quantitative estimate of drug-likeness (QED) is 0.0949. The van der Waals surface area contributed by atoms with Crippen LogP contribution in [-0.2, 0) is 77.6 Å². The Kier molecular flexibility index (Phi) is 22.3. The van der Waals surface area contributed by atoms with Gasteiger partial charge in [-0.25, -0.2) is 0 Å². The molecule has 0 N–H and O–H groups in total. The summed E-state index contributed by atoms with van der Waals surface area (Å²) in [5.74, 6) is -0.929. The number of benzene rings is 4. The van der Waals surface area contributed by atoms with Crippen LogP contribution in [0.25, 0.3) is 43.9 Å². The fraction of sp³-hybridized carbons (Fsp3) is 0.611. The molecular weight excluding hydrogens is 1350 g/mol. The smallest absolute Gasteiger partial charge is 0.418 e. The summed E-state index contributed by atoms with van der Waals surface area (Å²) < 4.78 is 102. The molecule has 0 spiro atoms. The minimum Gasteiger partial charge on any atom is -0.418 e. The van der Waals surface area contributed by atoms with E-state index in [0.717, 1.165) is 66.1 Å². The van der Waals surface area contributed by atoms with Gasteiger partial charge in [0.2, 0.25) is 0 Å². The van der Waals surface area contributed by atoms with Crippen molar-refractivity contribution in [3.63, 3.8) is 0 Å². The first-order valence-electron chi connectivity index (χ1n) is 31.5. The van der Waals surface area contributed by atoms with Crippen LogP contribution < -0.4 is 9.05 Å². The van der Waals surface area contributed by atoms with E-state index in [2.05, 4.69) is 239 Å². The van der Waals surface area contributed by atoms with Crippen molar-refractivity contribution in [2.45, 2.75) is 279 Å². The predicted octanol–water partition coefficient (Wildman–Crippen LogP) is 23.0. The Morgan fingerprint density at radius 1 is 0.427 bits per heavy atom. The zero-order valence-electron chi connectivity index (χ0n) is 58.3. The summed E-state index contributed by atoms with van der Waals surface area (Å²) in [4.78, 5) is 0. The van der Waals surface area contributed by atoms with Crippen LogP contribution in [0.4, 0.5) is 17.3 Å². The molecule has 6 aromatic rings. The van der Waals surface area contributed by atoms with Crippen LogP contribution in [0.5, 0.6) is 0 Å². The Morgan fingerprint density at radius 2 is 0.697 bits per heavy atom. The van der Waals surface area contributed by atoms with Gasteiger partial charge in [0, 0.05) is 63.9 Å². The summed E-state index contributed by atoms with van der Waals surface area (Å²) in [5.41, 5.74) is 10.6. The predicted molar refractivity (Wildman–Crippen MR) is 360 cm³/mol. The van der Waals surface area contributed by atoms with Crippen LogP contribution in [0, 0.1) is 0 Å². The Labute approximate surface area is 545 Å². The second kappa shape index (κ2) is 26.7. The zero-order valence-corrected chi connectivity index (χ0v) is 62.4. The van der Waals surface area contributed by atoms with Gasteiger partial charge in [-0.1, -0.05) is 215 Å². The Morgan fingerprint density at radius 3 is 0.955 bits per heavy atom. The molecule has 2 aliphatic heterocycles. The summed E-state index contributed by atoms with van der Waals surface area (Å²) in [6, 6.07) is 18.5. The molecule has 0 saturated carbocycles. The van der Waals surface area contributed by atoms with Crippen LogP contribution >= 0.6 is 16.5 Å². The molecule has 2 aromatic heterocycles. The van der Waals surface area contributed by atoms with Gasteiger partial charge in [-0.15, -0.1) is 0 Å². The fourth-order valence-corrected chi connectivity index (χ4v) is 13.4. The maximum absolute atomic E-state index is 9.75. The SMILES string of the molecule is C1=C\CC/C=C\CC/1.CC1(C)O[C@H]2O[C@H](COp3oc4c(C(C)(C)C)cc(C(C)(C)C)cc4c4cc(C(C)(C)C)cc(C(C)(C)C)c4o3)[C@H](Op3oc4c(C(C)(C)C)cc(C(C)(C)C)cc4c4cc(C(C)(C)C)cc(C(C)(C)C)c4o3)[C@H]2O1.F[B-](F)(F)F.[Ir]. The summed E-state index contributed by atoms with van der Waals surface area (Å²) in [6.45, 7) is 58.0. The molecule has 1 aliphatic carbocycles. The van der Waals surface area contributed by atoms with Crippen molar-refractivity contribution in [2.24, 2.45) is 0 Å². The molecule has 9 nitrogen and oxygen atoms in total. The van der Waals surface area contributed by atoms with Gasteiger partial charge < -0.3 is 48.3 Å². The molecule has 4 atom stereocenters. The molecule has 0 amide bonds. The minimum atomic E-state index is -6.00. The van der Waals surface area contributed by atoms with Gasteiger partial charge in [-0.2, -0.15) is 0 Å². The summed E-state index contributed by atoms with van der Waals surface area (Å²) in [6.07, 6.45) is 11.2. The maximum atomic E-state index is 9.75. The molecule has 17 heteroatoms. The Bertz CT molecular complexity index is 3420. The molecule has 0 bridgehead atoms. The van der Waals surface area contributed by atoms with E-state index in [-0.39, 0.29) is 70.0 Å². The standard InChI is InChI=1S/C64H92O9P2.C8H12.BF4.Ir/c1-56(2,3)36-27-40-41-28-37(57(4,5)6)32-45(61(16,17)18)50(41)70-74(69-49(40)44(31-36)60(13,14)15)65-35-48-53(54-55(66-48)68-64(25,26)67-54)73-75-71-51-42(29-38(58(7,8)9)33-46(51)62(19,20)21)43-30-39(59(10,11)12)34-47(52(43)72-75)63(22,23)24;1-2-4-6-8-7-5-3-1;2-1(3,4)5;/h27-34,48,53-55H,35H2,1-26H3;1-2,7-8H,3-6H2;;/q;;-1;/b;2-1-,8-7-;;/t48-,53+,54-,55-;;;/m1.../s1. The van der Waals surface area contributed by atoms with Crippen molar-refractivity contribution >= 4 is 67.6 Å². The molecular formula is C72H104BF4IrO9P2-. The van der Waals surface area contributed by atoms with Gasteiger partial charge in [0.05, 0.1) is 6.61 Å². The molecule has 4 heterocycles. The normalized spacial score (nSPS) is 20.2. The number of rotatable bonds is 5. The van der Waals surface area contributed by atoms with Crippen LogP contribution in [0.3, 0.4) is 0 Å². The first kappa shape index (κ1) is 74.4. The number of ether oxygens (including phenoxy) is 3. The van der Waals surface area contributed by atoms with Crippen molar-refractivity contribution in [1.29, 1.82) is 0 Å². The van der Waals surface area contributed by atoms with E-state index < -0.39 is 54.1 Å². The molecule has 3 aliphatic rings. The molecule has 2 fully saturated rings. The van der Waals surface area contributed by atoms with Crippen molar-refractivity contribution in [2.75, 3.05) is 6.61 Å². The van der Waals surface area contributed by atoms with E-state index in [9.17, 15) is 17.3 Å². The van der Waals surface area contributed by atoms with Gasteiger partial charge in [0.25, 0.3) is 0 Å². The summed E-state index contributed by atoms with van der Waals surface area (Å²) in [5, 5.41) is 4.00. The first-order valence-corrected chi connectivity index (χ1v) is 33.7. The Hall–Kier alpha value is -3.61. The average molecular weight is 1450 g/mol. The number of hydrogen-bond donors (Lipinski definition) is 0. The maximum Gasteiger partial charge on any atom is 0.673 e. The largest absolute Gasteiger partial charge is 0.673 e. The minimum absolute atomic E-state index is 0. The van der Waals surface area contributed by atoms with Gasteiger partial charge in [0.1, 0.15) is 40.6 Å². The third-order valence-electron chi connectivity index (χ3n) is 16.3. The van der Waals surface area contributed by atoms with Crippen LogP contribution in [0.1, 0.15) is 250 Å². The molecule has 9 rings (SSSR count). The van der Waals surface area contributed by atoms with E-state index in [0.29, 0.717) is 0 Å². The number of allylic oxidation sites excluding steroid dienone is 4. The summed E-state index contributed by atoms with van der Waals surface area (Å²) >= 11 is 0. The van der Waals surface area contributed by atoms with E-state index in [4.69, 9.17) is 40.0 Å². The van der Waals surface area contributed by atoms with Crippen LogP contribution in [0.2, 0.25) is 0 Å². The second-order valence-electron chi connectivity index (χ2n) is 33.0. The van der Waals surface area contributed by atoms with Gasteiger partial charge in [-0.05, 0) is 129 Å². The molecule has 2 saturated heterocycles. The molecule has 0 unspecified atom stereocenters. The second-order valence-corrected chi connectivity index (χ2v) is 35.1. The fourth-order valence-electron chi connectivity index (χ4n) is 11.0. The van der Waals surface area contributed by atoms with Crippen LogP contribution in [-0.4, -0.2) is 44.3 Å². The van der Waals surface area contributed by atoms with Crippen molar-refractivity contribution < 1.29 is 77.4 Å². The number of hydrogen-bond acceptors (Lipinski definition) is 9. The van der Waals surface area contributed by atoms with E-state index >= 15 is 0 Å². The Balaban J connectivity index is 0.000000806. The monoisotopic (exact) mass is 1450 g/mol. The topological polar surface area (TPSA) is 98.7 Å². The molecule has 4 aromatic carbocycles. The van der Waals surface area contributed by atoms with E-state index in [1.54, 1.807) is 0 Å².